The van der Waals surface area contributed by atoms with Crippen molar-refractivity contribution in [2.24, 2.45) is 0 Å². The maximum Gasteiger partial charge on any atom is 0.243 e. The molecule has 1 heterocycles. The van der Waals surface area contributed by atoms with E-state index in [1.54, 1.807) is 24.3 Å². The van der Waals surface area contributed by atoms with Crippen molar-refractivity contribution in [3.63, 3.8) is 0 Å². The Hall–Kier alpha value is -1.17. The second-order valence-electron chi connectivity index (χ2n) is 4.03. The molecule has 5 nitrogen and oxygen atoms in total. The Kier molecular flexibility index (Phi) is 3.61. The van der Waals surface area contributed by atoms with Crippen molar-refractivity contribution in [1.82, 2.24) is 0 Å². The molecular weight excluding hydrogens is 246 g/mol. The molecule has 3 atom stereocenters. The maximum atomic E-state index is 10.9. The van der Waals surface area contributed by atoms with Crippen molar-refractivity contribution in [1.29, 1.82) is 0 Å². The number of aliphatic hydroxyl groups excluding tert-OH is 1. The molecule has 1 aromatic carbocycles. The van der Waals surface area contributed by atoms with Crippen LogP contribution in [0.3, 0.4) is 0 Å². The lowest BCUT2D eigenvalue weighted by Gasteiger charge is -2.29. The second-order valence-corrected chi connectivity index (χ2v) is 4.47. The van der Waals surface area contributed by atoms with Crippen molar-refractivity contribution in [3.05, 3.63) is 45.0 Å². The molecule has 0 amide bonds. The Morgan fingerprint density at radius 2 is 2.06 bits per heavy atom. The highest BCUT2D eigenvalue weighted by atomic mass is 35.5. The fraction of sp³-hybridized carbons (Fsp3) is 0.455. The number of aliphatic hydroxyl groups is 1. The molecule has 1 saturated heterocycles. The van der Waals surface area contributed by atoms with Gasteiger partial charge in [-0.25, -0.2) is 0 Å². The third-order valence-corrected chi connectivity index (χ3v) is 3.20. The minimum absolute atomic E-state index is 0.0680. The molecule has 0 saturated carbocycles. The van der Waals surface area contributed by atoms with E-state index in [1.165, 1.54) is 0 Å². The van der Waals surface area contributed by atoms with Crippen molar-refractivity contribution < 1.29 is 14.8 Å². The largest absolute Gasteiger partial charge is 0.368 e. The highest BCUT2D eigenvalue weighted by Gasteiger charge is 2.39. The summed E-state index contributed by atoms with van der Waals surface area (Å²) >= 11 is 5.77. The summed E-state index contributed by atoms with van der Waals surface area (Å²) in [7, 11) is 0. The zero-order valence-electron chi connectivity index (χ0n) is 8.95. The van der Waals surface area contributed by atoms with Gasteiger partial charge in [-0.05, 0) is 17.7 Å². The summed E-state index contributed by atoms with van der Waals surface area (Å²) in [6.45, 7) is -0.0680. The molecule has 6 heteroatoms. The van der Waals surface area contributed by atoms with Crippen LogP contribution < -0.4 is 0 Å². The lowest BCUT2D eigenvalue weighted by atomic mass is 9.87. The molecule has 0 bridgehead atoms. The molecule has 1 aliphatic heterocycles. The van der Waals surface area contributed by atoms with Gasteiger partial charge in [-0.3, -0.25) is 10.1 Å². The van der Waals surface area contributed by atoms with E-state index in [-0.39, 0.29) is 23.9 Å². The number of hydrogen-bond acceptors (Lipinski definition) is 4. The van der Waals surface area contributed by atoms with E-state index in [0.29, 0.717) is 5.02 Å². The van der Waals surface area contributed by atoms with Gasteiger partial charge in [0.25, 0.3) is 0 Å². The number of ether oxygens (including phenoxy) is 1. The van der Waals surface area contributed by atoms with E-state index >= 15 is 0 Å². The number of rotatable bonds is 2. The van der Waals surface area contributed by atoms with E-state index in [2.05, 4.69) is 0 Å². The molecular formula is C11H12ClNO4. The molecule has 0 radical (unpaired) electrons. The minimum atomic E-state index is -0.938. The number of hydrogen-bond donors (Lipinski definition) is 1. The molecule has 1 fully saturated rings. The van der Waals surface area contributed by atoms with Crippen LogP contribution in [0.2, 0.25) is 5.02 Å². The molecule has 0 aliphatic carbocycles. The first-order valence-electron chi connectivity index (χ1n) is 5.26. The molecule has 1 N–H and O–H groups in total. The van der Waals surface area contributed by atoms with Crippen LogP contribution in [0, 0.1) is 10.1 Å². The fourth-order valence-corrected chi connectivity index (χ4v) is 2.17. The molecule has 3 unspecified atom stereocenters. The van der Waals surface area contributed by atoms with Crippen molar-refractivity contribution in [2.45, 2.75) is 24.7 Å². The average molecular weight is 258 g/mol. The molecule has 92 valence electrons. The van der Waals surface area contributed by atoms with E-state index in [4.69, 9.17) is 16.3 Å². The van der Waals surface area contributed by atoms with E-state index in [1.807, 2.05) is 0 Å². The quantitative estimate of drug-likeness (QED) is 0.648. The Balaban J connectivity index is 2.25. The fourth-order valence-electron chi connectivity index (χ4n) is 2.04. The molecule has 1 aromatic rings. The molecule has 17 heavy (non-hydrogen) atoms. The Morgan fingerprint density at radius 3 is 2.65 bits per heavy atom. The maximum absolute atomic E-state index is 10.9. The van der Waals surface area contributed by atoms with Crippen LogP contribution in [0.5, 0.6) is 0 Å². The van der Waals surface area contributed by atoms with Crippen LogP contribution in [0.1, 0.15) is 17.9 Å². The standard InChI is InChI=1S/C11H12ClNO4/c12-8-3-1-7(2-4-8)9-5-11(14)17-6-10(9)13(15)16/h1-4,9-11,14H,5-6H2. The zero-order chi connectivity index (χ0) is 12.4. The van der Waals surface area contributed by atoms with E-state index < -0.39 is 12.3 Å². The Morgan fingerprint density at radius 1 is 1.41 bits per heavy atom. The van der Waals surface area contributed by atoms with Gasteiger partial charge in [0.1, 0.15) is 6.61 Å². The van der Waals surface area contributed by atoms with Crippen LogP contribution in [-0.2, 0) is 4.74 Å². The van der Waals surface area contributed by atoms with Gasteiger partial charge >= 0.3 is 0 Å². The smallest absolute Gasteiger partial charge is 0.243 e. The monoisotopic (exact) mass is 257 g/mol. The van der Waals surface area contributed by atoms with Crippen molar-refractivity contribution >= 4 is 11.6 Å². The molecule has 0 spiro atoms. The van der Waals surface area contributed by atoms with Crippen LogP contribution in [0.4, 0.5) is 0 Å². The van der Waals surface area contributed by atoms with Gasteiger partial charge in [0.15, 0.2) is 6.29 Å². The Labute approximate surface area is 103 Å². The first-order chi connectivity index (χ1) is 8.08. The van der Waals surface area contributed by atoms with E-state index in [9.17, 15) is 15.2 Å². The van der Waals surface area contributed by atoms with Crippen LogP contribution >= 0.6 is 11.6 Å². The summed E-state index contributed by atoms with van der Waals surface area (Å²) in [5, 5.41) is 20.9. The topological polar surface area (TPSA) is 72.6 Å². The first-order valence-corrected chi connectivity index (χ1v) is 5.64. The zero-order valence-corrected chi connectivity index (χ0v) is 9.71. The third-order valence-electron chi connectivity index (χ3n) is 2.95. The highest BCUT2D eigenvalue weighted by molar-refractivity contribution is 6.30. The van der Waals surface area contributed by atoms with E-state index in [0.717, 1.165) is 5.56 Å². The van der Waals surface area contributed by atoms with Crippen LogP contribution in [-0.4, -0.2) is 29.0 Å². The van der Waals surface area contributed by atoms with Gasteiger partial charge in [-0.1, -0.05) is 23.7 Å². The van der Waals surface area contributed by atoms with Gasteiger partial charge in [0.05, 0.1) is 5.92 Å². The predicted octanol–water partition coefficient (Wildman–Crippen LogP) is 1.81. The molecule has 1 aliphatic rings. The van der Waals surface area contributed by atoms with Gasteiger partial charge in [-0.2, -0.15) is 0 Å². The summed E-state index contributed by atoms with van der Waals surface area (Å²) in [6, 6.07) is 6.06. The van der Waals surface area contributed by atoms with Crippen LogP contribution in [0.25, 0.3) is 0 Å². The predicted molar refractivity (Wildman–Crippen MR) is 61.6 cm³/mol. The summed E-state index contributed by atoms with van der Waals surface area (Å²) in [4.78, 5) is 10.6. The van der Waals surface area contributed by atoms with Gasteiger partial charge in [-0.15, -0.1) is 0 Å². The molecule has 0 aromatic heterocycles. The van der Waals surface area contributed by atoms with Gasteiger partial charge in [0, 0.05) is 16.4 Å². The Bertz CT molecular complexity index is 408. The number of nitrogens with zero attached hydrogens (tertiary/aromatic N) is 1. The number of halogens is 1. The van der Waals surface area contributed by atoms with Crippen molar-refractivity contribution in [3.8, 4) is 0 Å². The summed E-state index contributed by atoms with van der Waals surface area (Å²) in [6.07, 6.45) is -0.709. The normalized spacial score (nSPS) is 28.9. The van der Waals surface area contributed by atoms with Crippen molar-refractivity contribution in [2.75, 3.05) is 6.61 Å². The lowest BCUT2D eigenvalue weighted by Crippen LogP contribution is -2.40. The second kappa shape index (κ2) is 5.00. The summed E-state index contributed by atoms with van der Waals surface area (Å²) in [5.41, 5.74) is 0.804. The lowest BCUT2D eigenvalue weighted by molar-refractivity contribution is -0.538. The van der Waals surface area contributed by atoms with Gasteiger partial charge < -0.3 is 9.84 Å². The summed E-state index contributed by atoms with van der Waals surface area (Å²) in [5.74, 6) is -0.342. The summed E-state index contributed by atoms with van der Waals surface area (Å²) < 4.78 is 4.92. The number of benzene rings is 1. The third kappa shape index (κ3) is 2.74. The first kappa shape index (κ1) is 12.3. The van der Waals surface area contributed by atoms with Crippen LogP contribution in [0.15, 0.2) is 24.3 Å². The highest BCUT2D eigenvalue weighted by Crippen LogP contribution is 2.31. The SMILES string of the molecule is O=[N+]([O-])C1COC(O)CC1c1ccc(Cl)cc1. The average Bonchev–Trinajstić information content (AvgIpc) is 2.29. The number of nitro groups is 1. The van der Waals surface area contributed by atoms with Gasteiger partial charge in [0.2, 0.25) is 6.04 Å². The minimum Gasteiger partial charge on any atom is -0.368 e. The molecule has 2 rings (SSSR count).